The molecule has 1 aliphatic rings. The molecule has 0 bridgehead atoms. The van der Waals surface area contributed by atoms with Gasteiger partial charge in [0.05, 0.1) is 5.69 Å². The van der Waals surface area contributed by atoms with Gasteiger partial charge >= 0.3 is 0 Å². The molecule has 0 radical (unpaired) electrons. The molecule has 4 rings (SSSR count). The first kappa shape index (κ1) is 14.5. The molecule has 1 aromatic carbocycles. The van der Waals surface area contributed by atoms with Gasteiger partial charge in [0.25, 0.3) is 5.91 Å². The molecule has 1 fully saturated rings. The van der Waals surface area contributed by atoms with Crippen molar-refractivity contribution in [2.45, 2.75) is 19.8 Å². The number of likely N-dealkylation sites (tertiary alicyclic amines) is 1. The first-order valence-electron chi connectivity index (χ1n) is 8.03. The van der Waals surface area contributed by atoms with E-state index in [4.69, 9.17) is 0 Å². The smallest absolute Gasteiger partial charge is 0.273 e. The molecule has 1 amide bonds. The quantitative estimate of drug-likeness (QED) is 0.769. The van der Waals surface area contributed by atoms with E-state index >= 15 is 0 Å². The average Bonchev–Trinajstić information content (AvgIpc) is 3.20. The molecule has 0 spiro atoms. The number of aromatic nitrogens is 2. The number of nitrogens with zero attached hydrogens (tertiary/aromatic N) is 2. The molecule has 0 saturated carbocycles. The Balaban J connectivity index is 1.59. The zero-order valence-electron chi connectivity index (χ0n) is 13.1. The minimum atomic E-state index is 0.0650. The van der Waals surface area contributed by atoms with Crippen molar-refractivity contribution < 1.29 is 4.79 Å². The minimum Gasteiger partial charge on any atom is -0.353 e. The lowest BCUT2D eigenvalue weighted by Crippen LogP contribution is -2.39. The van der Waals surface area contributed by atoms with Crippen molar-refractivity contribution in [3.63, 3.8) is 0 Å². The number of H-pyrrole nitrogens is 1. The van der Waals surface area contributed by atoms with Crippen LogP contribution in [0.5, 0.6) is 0 Å². The van der Waals surface area contributed by atoms with E-state index < -0.39 is 0 Å². The van der Waals surface area contributed by atoms with E-state index in [1.165, 1.54) is 17.8 Å². The van der Waals surface area contributed by atoms with Gasteiger partial charge in [-0.2, -0.15) is 0 Å². The van der Waals surface area contributed by atoms with Crippen molar-refractivity contribution in [2.24, 2.45) is 5.92 Å². The van der Waals surface area contributed by atoms with Gasteiger partial charge in [-0.1, -0.05) is 25.1 Å². The van der Waals surface area contributed by atoms with Crippen molar-refractivity contribution >= 4 is 28.1 Å². The molecule has 1 saturated heterocycles. The fourth-order valence-electron chi connectivity index (χ4n) is 3.22. The van der Waals surface area contributed by atoms with Gasteiger partial charge in [-0.15, -0.1) is 11.3 Å². The largest absolute Gasteiger partial charge is 0.353 e. The van der Waals surface area contributed by atoms with Crippen molar-refractivity contribution in [1.82, 2.24) is 14.9 Å². The number of amides is 1. The highest BCUT2D eigenvalue weighted by Gasteiger charge is 2.24. The van der Waals surface area contributed by atoms with Gasteiger partial charge in [0, 0.05) is 29.4 Å². The molecular formula is C18H19N3OS. The molecule has 1 N–H and O–H groups in total. The third-order valence-electron chi connectivity index (χ3n) is 4.43. The number of nitrogens with one attached hydrogen (secondary N) is 1. The van der Waals surface area contributed by atoms with Crippen LogP contribution in [0.25, 0.3) is 21.6 Å². The lowest BCUT2D eigenvalue weighted by atomic mass is 10.0. The zero-order chi connectivity index (χ0) is 15.8. The van der Waals surface area contributed by atoms with Gasteiger partial charge in [0.1, 0.15) is 10.7 Å². The van der Waals surface area contributed by atoms with Gasteiger partial charge < -0.3 is 9.88 Å². The Morgan fingerprint density at radius 3 is 3.09 bits per heavy atom. The average molecular weight is 325 g/mol. The Bertz CT molecular complexity index is 818. The van der Waals surface area contributed by atoms with Gasteiger partial charge in [-0.05, 0) is 30.9 Å². The maximum absolute atomic E-state index is 12.6. The minimum absolute atomic E-state index is 0.0650. The number of rotatable bonds is 2. The summed E-state index contributed by atoms with van der Waals surface area (Å²) in [4.78, 5) is 22.5. The number of hydrogen-bond acceptors (Lipinski definition) is 3. The first-order chi connectivity index (χ1) is 11.2. The second kappa shape index (κ2) is 5.81. The van der Waals surface area contributed by atoms with Gasteiger partial charge in [-0.25, -0.2) is 4.98 Å². The Hall–Kier alpha value is -2.14. The van der Waals surface area contributed by atoms with Crippen LogP contribution >= 0.6 is 11.3 Å². The number of thiazole rings is 1. The maximum atomic E-state index is 12.6. The summed E-state index contributed by atoms with van der Waals surface area (Å²) in [5.41, 5.74) is 2.63. The second-order valence-electron chi connectivity index (χ2n) is 6.31. The predicted molar refractivity (Wildman–Crippen MR) is 93.7 cm³/mol. The first-order valence-corrected chi connectivity index (χ1v) is 8.91. The summed E-state index contributed by atoms with van der Waals surface area (Å²) in [7, 11) is 0. The van der Waals surface area contributed by atoms with Crippen LogP contribution in [-0.2, 0) is 0 Å². The molecule has 3 aromatic rings. The van der Waals surface area contributed by atoms with Crippen LogP contribution in [0.15, 0.2) is 35.7 Å². The van der Waals surface area contributed by atoms with Gasteiger partial charge in [0.2, 0.25) is 0 Å². The lowest BCUT2D eigenvalue weighted by Gasteiger charge is -2.30. The molecule has 23 heavy (non-hydrogen) atoms. The molecule has 1 aliphatic heterocycles. The number of carbonyl (C=O) groups is 1. The van der Waals surface area contributed by atoms with Crippen LogP contribution in [0, 0.1) is 5.92 Å². The summed E-state index contributed by atoms with van der Waals surface area (Å²) in [5.74, 6) is 0.648. The van der Waals surface area contributed by atoms with Crippen molar-refractivity contribution in [1.29, 1.82) is 0 Å². The van der Waals surface area contributed by atoms with Crippen LogP contribution in [0.4, 0.5) is 0 Å². The number of benzene rings is 1. The molecule has 2 aromatic heterocycles. The Morgan fingerprint density at radius 1 is 1.39 bits per heavy atom. The lowest BCUT2D eigenvalue weighted by molar-refractivity contribution is 0.0678. The van der Waals surface area contributed by atoms with E-state index in [2.05, 4.69) is 29.0 Å². The number of para-hydroxylation sites is 1. The van der Waals surface area contributed by atoms with Crippen LogP contribution in [0.3, 0.4) is 0 Å². The van der Waals surface area contributed by atoms with E-state index in [1.807, 2.05) is 28.5 Å². The van der Waals surface area contributed by atoms with E-state index in [1.54, 1.807) is 0 Å². The highest BCUT2D eigenvalue weighted by Crippen LogP contribution is 2.27. The van der Waals surface area contributed by atoms with Crippen molar-refractivity contribution in [2.75, 3.05) is 13.1 Å². The Kier molecular flexibility index (Phi) is 3.65. The van der Waals surface area contributed by atoms with Gasteiger partial charge in [-0.3, -0.25) is 4.79 Å². The third-order valence-corrected chi connectivity index (χ3v) is 5.30. The molecule has 118 valence electrons. The number of aromatic amines is 1. The maximum Gasteiger partial charge on any atom is 0.273 e. The summed E-state index contributed by atoms with van der Waals surface area (Å²) < 4.78 is 0. The monoisotopic (exact) mass is 325 g/mol. The van der Waals surface area contributed by atoms with Crippen molar-refractivity contribution in [3.8, 4) is 10.7 Å². The molecule has 1 atom stereocenters. The summed E-state index contributed by atoms with van der Waals surface area (Å²) in [6, 6.07) is 10.2. The predicted octanol–water partition coefficient (Wildman–Crippen LogP) is 4.16. The second-order valence-corrected chi connectivity index (χ2v) is 7.16. The van der Waals surface area contributed by atoms with Crippen LogP contribution in [0.1, 0.15) is 30.3 Å². The summed E-state index contributed by atoms with van der Waals surface area (Å²) in [6.07, 6.45) is 2.30. The number of carbonyl (C=O) groups excluding carboxylic acids is 1. The van der Waals surface area contributed by atoms with Crippen LogP contribution in [-0.4, -0.2) is 33.9 Å². The van der Waals surface area contributed by atoms with Crippen LogP contribution in [0.2, 0.25) is 0 Å². The Labute approximate surface area is 139 Å². The normalized spacial score (nSPS) is 18.5. The van der Waals surface area contributed by atoms with E-state index in [-0.39, 0.29) is 5.91 Å². The summed E-state index contributed by atoms with van der Waals surface area (Å²) >= 11 is 1.52. The van der Waals surface area contributed by atoms with E-state index in [0.717, 1.165) is 41.1 Å². The zero-order valence-corrected chi connectivity index (χ0v) is 13.9. The SMILES string of the molecule is CC1CCCN(C(=O)c2csc(-c3cc4ccccc4[nH]3)n2)C1. The van der Waals surface area contributed by atoms with E-state index in [0.29, 0.717) is 11.6 Å². The Morgan fingerprint density at radius 2 is 2.26 bits per heavy atom. The summed E-state index contributed by atoms with van der Waals surface area (Å²) in [6.45, 7) is 3.90. The molecule has 5 heteroatoms. The van der Waals surface area contributed by atoms with Crippen LogP contribution < -0.4 is 0 Å². The standard InChI is InChI=1S/C18H19N3OS/c1-12-5-4-8-21(10-12)18(22)16-11-23-17(20-16)15-9-13-6-2-3-7-14(13)19-15/h2-3,6-7,9,11-12,19H,4-5,8,10H2,1H3. The number of piperidine rings is 1. The number of fused-ring (bicyclic) bond motifs is 1. The van der Waals surface area contributed by atoms with Gasteiger partial charge in [0.15, 0.2) is 0 Å². The fraction of sp³-hybridized carbons (Fsp3) is 0.333. The highest BCUT2D eigenvalue weighted by molar-refractivity contribution is 7.13. The third kappa shape index (κ3) is 2.77. The molecule has 4 nitrogen and oxygen atoms in total. The molecule has 1 unspecified atom stereocenters. The topological polar surface area (TPSA) is 49.0 Å². The van der Waals surface area contributed by atoms with Crippen molar-refractivity contribution in [3.05, 3.63) is 41.4 Å². The fourth-order valence-corrected chi connectivity index (χ4v) is 3.98. The molecule has 0 aliphatic carbocycles. The highest BCUT2D eigenvalue weighted by atomic mass is 32.1. The summed E-state index contributed by atoms with van der Waals surface area (Å²) in [5, 5.41) is 3.91. The number of hydrogen-bond donors (Lipinski definition) is 1. The molecular weight excluding hydrogens is 306 g/mol. The molecule has 3 heterocycles. The van der Waals surface area contributed by atoms with E-state index in [9.17, 15) is 4.79 Å².